The van der Waals surface area contributed by atoms with Crippen LogP contribution in [-0.4, -0.2) is 47.1 Å². The highest BCUT2D eigenvalue weighted by molar-refractivity contribution is 5.90. The highest BCUT2D eigenvalue weighted by Gasteiger charge is 2.61. The van der Waals surface area contributed by atoms with E-state index in [-0.39, 0.29) is 47.3 Å². The van der Waals surface area contributed by atoms with Gasteiger partial charge in [0.15, 0.2) is 23.4 Å². The number of rotatable bonds is 6. The third-order valence-corrected chi connectivity index (χ3v) is 9.64. The van der Waals surface area contributed by atoms with Crippen molar-refractivity contribution in [3.63, 3.8) is 0 Å². The molecule has 2 aromatic carbocycles. The standard InChI is InChI=1S/C35H37N5O7/c1-7-34(4,5)32(43)37-22-15-18-12-13-24-20(14-18)35(19-10-8-9-11-21(19)38-33(35)46-24)27-26(29-36-23(16-45-29)31(42)44-6)40-30(47-27)25(17(2)3)39-28(22)41/h8-14,16-17,22,25,33,38H,7,15H2,1-6H3,(H,37,43)(H,39,41)/t22-,25-,33-,35?/m0/s1. The lowest BCUT2D eigenvalue weighted by Gasteiger charge is -2.30. The van der Waals surface area contributed by atoms with Gasteiger partial charge < -0.3 is 34.3 Å². The molecule has 5 heterocycles. The number of nitrogens with one attached hydrogen (secondary N) is 3. The minimum absolute atomic E-state index is 0.0254. The van der Waals surface area contributed by atoms with E-state index in [1.165, 1.54) is 13.4 Å². The maximum absolute atomic E-state index is 14.1. The summed E-state index contributed by atoms with van der Waals surface area (Å²) in [6, 6.07) is 12.1. The van der Waals surface area contributed by atoms with Gasteiger partial charge in [-0.25, -0.2) is 14.8 Å². The number of carbonyl (C=O) groups is 3. The van der Waals surface area contributed by atoms with Gasteiger partial charge in [0.1, 0.15) is 29.5 Å². The first-order valence-corrected chi connectivity index (χ1v) is 15.8. The van der Waals surface area contributed by atoms with Crippen LogP contribution in [0.25, 0.3) is 11.6 Å². The minimum atomic E-state index is -1.06. The number of carbonyl (C=O) groups excluding carboxylic acids is 3. The van der Waals surface area contributed by atoms with Crippen LogP contribution in [0.2, 0.25) is 0 Å². The van der Waals surface area contributed by atoms with Crippen LogP contribution in [0.15, 0.2) is 57.6 Å². The van der Waals surface area contributed by atoms with Gasteiger partial charge in [-0.05, 0) is 35.6 Å². The molecule has 47 heavy (non-hydrogen) atoms. The molecule has 3 N–H and O–H groups in total. The molecule has 0 aliphatic carbocycles. The van der Waals surface area contributed by atoms with Crippen LogP contribution in [0, 0.1) is 11.3 Å². The fraction of sp³-hybridized carbons (Fsp3) is 0.400. The minimum Gasteiger partial charge on any atom is -0.469 e. The summed E-state index contributed by atoms with van der Waals surface area (Å²) in [4.78, 5) is 49.2. The Kier molecular flexibility index (Phi) is 7.14. The number of para-hydroxylation sites is 1. The average molecular weight is 640 g/mol. The molecule has 4 atom stereocenters. The average Bonchev–Trinajstić information content (AvgIpc) is 3.83. The molecule has 3 aliphatic rings. The second-order valence-corrected chi connectivity index (χ2v) is 13.3. The molecule has 4 bridgehead atoms. The van der Waals surface area contributed by atoms with Gasteiger partial charge in [-0.15, -0.1) is 0 Å². The largest absolute Gasteiger partial charge is 0.469 e. The van der Waals surface area contributed by atoms with Crippen molar-refractivity contribution in [2.45, 2.75) is 71.2 Å². The summed E-state index contributed by atoms with van der Waals surface area (Å²) in [7, 11) is 1.27. The second kappa shape index (κ2) is 11.0. The van der Waals surface area contributed by atoms with Crippen LogP contribution in [0.5, 0.6) is 5.75 Å². The molecule has 244 valence electrons. The number of hydrogen-bond donors (Lipinski definition) is 3. The Morgan fingerprint density at radius 2 is 1.91 bits per heavy atom. The van der Waals surface area contributed by atoms with Crippen molar-refractivity contribution in [2.24, 2.45) is 11.3 Å². The first-order valence-electron chi connectivity index (χ1n) is 15.8. The van der Waals surface area contributed by atoms with E-state index in [0.29, 0.717) is 17.9 Å². The fourth-order valence-electron chi connectivity index (χ4n) is 6.54. The predicted octanol–water partition coefficient (Wildman–Crippen LogP) is 4.89. The van der Waals surface area contributed by atoms with E-state index in [9.17, 15) is 14.4 Å². The summed E-state index contributed by atoms with van der Waals surface area (Å²) in [5.74, 6) is -0.130. The van der Waals surface area contributed by atoms with Gasteiger partial charge in [-0.2, -0.15) is 0 Å². The van der Waals surface area contributed by atoms with Gasteiger partial charge in [0, 0.05) is 23.1 Å². The number of oxazole rings is 2. The molecule has 12 heteroatoms. The molecule has 0 fully saturated rings. The number of esters is 1. The first-order chi connectivity index (χ1) is 22.5. The highest BCUT2D eigenvalue weighted by Crippen LogP contribution is 2.59. The number of hydrogen-bond acceptors (Lipinski definition) is 10. The summed E-state index contributed by atoms with van der Waals surface area (Å²) in [5.41, 5.74) is 1.86. The van der Waals surface area contributed by atoms with E-state index in [1.807, 2.05) is 77.1 Å². The Balaban J connectivity index is 1.48. The Labute approximate surface area is 271 Å². The third kappa shape index (κ3) is 4.68. The quantitative estimate of drug-likeness (QED) is 0.248. The van der Waals surface area contributed by atoms with Crippen LogP contribution in [0.4, 0.5) is 5.69 Å². The lowest BCUT2D eigenvalue weighted by atomic mass is 9.72. The molecular weight excluding hydrogens is 602 g/mol. The molecule has 0 saturated heterocycles. The molecule has 1 unspecified atom stereocenters. The number of aromatic nitrogens is 2. The van der Waals surface area contributed by atoms with Gasteiger partial charge in [0.25, 0.3) is 0 Å². The Morgan fingerprint density at radius 1 is 1.13 bits per heavy atom. The molecule has 3 aliphatic heterocycles. The number of benzene rings is 2. The molecule has 0 radical (unpaired) electrons. The van der Waals surface area contributed by atoms with Crippen molar-refractivity contribution in [2.75, 3.05) is 12.4 Å². The second-order valence-electron chi connectivity index (χ2n) is 13.3. The van der Waals surface area contributed by atoms with Crippen LogP contribution in [0.3, 0.4) is 0 Å². The van der Waals surface area contributed by atoms with E-state index >= 15 is 0 Å². The zero-order chi connectivity index (χ0) is 33.2. The maximum Gasteiger partial charge on any atom is 0.360 e. The van der Waals surface area contributed by atoms with Crippen molar-refractivity contribution in [3.8, 4) is 17.3 Å². The lowest BCUT2D eigenvalue weighted by Crippen LogP contribution is -2.52. The van der Waals surface area contributed by atoms with Crippen molar-refractivity contribution < 1.29 is 32.7 Å². The van der Waals surface area contributed by atoms with Crippen molar-refractivity contribution >= 4 is 23.5 Å². The number of methoxy groups -OCH3 is 1. The van der Waals surface area contributed by atoms with E-state index in [0.717, 1.165) is 22.4 Å². The van der Waals surface area contributed by atoms with Gasteiger partial charge in [-0.3, -0.25) is 9.59 Å². The van der Waals surface area contributed by atoms with Gasteiger partial charge in [-0.1, -0.05) is 65.0 Å². The molecule has 2 aromatic heterocycles. The lowest BCUT2D eigenvalue weighted by molar-refractivity contribution is -0.134. The van der Waals surface area contributed by atoms with Crippen molar-refractivity contribution in [1.82, 2.24) is 20.6 Å². The number of nitrogens with zero attached hydrogens (tertiary/aromatic N) is 2. The monoisotopic (exact) mass is 639 g/mol. The zero-order valence-electron chi connectivity index (χ0n) is 27.1. The molecule has 0 saturated carbocycles. The summed E-state index contributed by atoms with van der Waals surface area (Å²) < 4.78 is 24.1. The fourth-order valence-corrected chi connectivity index (χ4v) is 6.54. The molecule has 4 aromatic rings. The van der Waals surface area contributed by atoms with E-state index < -0.39 is 35.1 Å². The topological polar surface area (TPSA) is 158 Å². The molecule has 1 spiro atoms. The molecule has 7 rings (SSSR count). The normalized spacial score (nSPS) is 22.6. The van der Waals surface area contributed by atoms with Crippen LogP contribution < -0.4 is 20.7 Å². The SMILES string of the molecule is CCC(C)(C)C(=O)N[C@H]1Cc2ccc3c(c2)C2(c4ccccc4N[C@H]2O3)c2oc(nc2-c2nc(C(=O)OC)co2)[C@H](C(C)C)NC1=O. The smallest absolute Gasteiger partial charge is 0.360 e. The zero-order valence-corrected chi connectivity index (χ0v) is 27.1. The van der Waals surface area contributed by atoms with E-state index in [2.05, 4.69) is 20.9 Å². The van der Waals surface area contributed by atoms with Crippen LogP contribution in [0.1, 0.15) is 85.9 Å². The number of amides is 2. The van der Waals surface area contributed by atoms with Gasteiger partial charge >= 0.3 is 5.97 Å². The molecular formula is C35H37N5O7. The van der Waals surface area contributed by atoms with Crippen LogP contribution >= 0.6 is 0 Å². The maximum atomic E-state index is 14.1. The number of anilines is 1. The summed E-state index contributed by atoms with van der Waals surface area (Å²) in [6.07, 6.45) is 1.44. The van der Waals surface area contributed by atoms with Gasteiger partial charge in [0.2, 0.25) is 23.6 Å². The summed E-state index contributed by atoms with van der Waals surface area (Å²) in [5, 5.41) is 9.66. The Morgan fingerprint density at radius 3 is 2.66 bits per heavy atom. The summed E-state index contributed by atoms with van der Waals surface area (Å²) >= 11 is 0. The summed E-state index contributed by atoms with van der Waals surface area (Å²) in [6.45, 7) is 9.55. The van der Waals surface area contributed by atoms with E-state index in [4.69, 9.17) is 23.3 Å². The highest BCUT2D eigenvalue weighted by atomic mass is 16.5. The number of fused-ring (bicyclic) bond motifs is 4. The first kappa shape index (κ1) is 30.5. The number of ether oxygens (including phenoxy) is 2. The van der Waals surface area contributed by atoms with Crippen molar-refractivity contribution in [1.29, 1.82) is 0 Å². The van der Waals surface area contributed by atoms with Crippen LogP contribution in [-0.2, 0) is 26.2 Å². The molecule has 12 nitrogen and oxygen atoms in total. The third-order valence-electron chi connectivity index (χ3n) is 9.64. The van der Waals surface area contributed by atoms with Crippen molar-refractivity contribution in [3.05, 3.63) is 82.8 Å². The Hall–Kier alpha value is -5.13. The molecule has 2 amide bonds. The predicted molar refractivity (Wildman–Crippen MR) is 170 cm³/mol. The van der Waals surface area contributed by atoms with E-state index in [1.54, 1.807) is 0 Å². The van der Waals surface area contributed by atoms with Gasteiger partial charge in [0.05, 0.1) is 7.11 Å². The Bertz CT molecular complexity index is 1910.